The molecule has 100 valence electrons. The molecular weight excluding hydrogens is 256 g/mol. The van der Waals surface area contributed by atoms with Gasteiger partial charge in [-0.1, -0.05) is 11.6 Å². The van der Waals surface area contributed by atoms with E-state index in [0.29, 0.717) is 29.4 Å². The fourth-order valence-corrected chi connectivity index (χ4v) is 1.69. The van der Waals surface area contributed by atoms with Gasteiger partial charge in [0.15, 0.2) is 0 Å². The third-order valence-electron chi connectivity index (χ3n) is 2.36. The minimum absolute atomic E-state index is 0.185. The Hall–Kier alpha value is -1.30. The molecule has 3 N–H and O–H groups in total. The number of methoxy groups -OCH3 is 2. The zero-order valence-electron chi connectivity index (χ0n) is 10.4. The van der Waals surface area contributed by atoms with Crippen molar-refractivity contribution < 1.29 is 14.3 Å². The number of rotatable bonds is 6. The predicted molar refractivity (Wildman–Crippen MR) is 70.9 cm³/mol. The minimum Gasteiger partial charge on any atom is -0.399 e. The van der Waals surface area contributed by atoms with Crippen molar-refractivity contribution in [3.8, 4) is 0 Å². The van der Waals surface area contributed by atoms with Gasteiger partial charge in [-0.25, -0.2) is 0 Å². The highest BCUT2D eigenvalue weighted by Crippen LogP contribution is 2.16. The third-order valence-corrected chi connectivity index (χ3v) is 2.58. The first kappa shape index (κ1) is 14.8. The Bertz CT molecular complexity index is 392. The van der Waals surface area contributed by atoms with Crippen molar-refractivity contribution in [2.45, 2.75) is 6.10 Å². The molecule has 0 aliphatic carbocycles. The van der Waals surface area contributed by atoms with E-state index in [9.17, 15) is 4.79 Å². The van der Waals surface area contributed by atoms with E-state index in [4.69, 9.17) is 26.8 Å². The van der Waals surface area contributed by atoms with Crippen molar-refractivity contribution in [2.75, 3.05) is 33.1 Å². The van der Waals surface area contributed by atoms with Gasteiger partial charge in [0.05, 0.1) is 12.7 Å². The monoisotopic (exact) mass is 272 g/mol. The summed E-state index contributed by atoms with van der Waals surface area (Å²) in [6.07, 6.45) is -0.185. The first-order chi connectivity index (χ1) is 8.56. The summed E-state index contributed by atoms with van der Waals surface area (Å²) in [6.45, 7) is 0.768. The molecule has 0 radical (unpaired) electrons. The van der Waals surface area contributed by atoms with E-state index in [-0.39, 0.29) is 12.0 Å². The highest BCUT2D eigenvalue weighted by Gasteiger charge is 2.11. The SMILES string of the molecule is COCC(CNC(=O)c1cc(N)cc(Cl)c1)OC. The van der Waals surface area contributed by atoms with Gasteiger partial charge in [-0.15, -0.1) is 0 Å². The number of hydrogen-bond acceptors (Lipinski definition) is 4. The molecule has 0 aliphatic heterocycles. The van der Waals surface area contributed by atoms with E-state index in [1.54, 1.807) is 32.4 Å². The number of halogens is 1. The normalized spacial score (nSPS) is 12.2. The van der Waals surface area contributed by atoms with Crippen LogP contribution in [0, 0.1) is 0 Å². The van der Waals surface area contributed by atoms with Gasteiger partial charge >= 0.3 is 0 Å². The number of carbonyl (C=O) groups is 1. The minimum atomic E-state index is -0.248. The highest BCUT2D eigenvalue weighted by atomic mass is 35.5. The van der Waals surface area contributed by atoms with Crippen LogP contribution in [-0.4, -0.2) is 39.4 Å². The summed E-state index contributed by atoms with van der Waals surface area (Å²) in [4.78, 5) is 11.9. The number of nitrogens with two attached hydrogens (primary N) is 1. The first-order valence-corrected chi connectivity index (χ1v) is 5.80. The second-order valence-corrected chi connectivity index (χ2v) is 4.23. The standard InChI is InChI=1S/C12H17ClN2O3/c1-17-7-11(18-2)6-15-12(16)8-3-9(13)5-10(14)4-8/h3-5,11H,6-7,14H2,1-2H3,(H,15,16). The zero-order chi connectivity index (χ0) is 13.5. The van der Waals surface area contributed by atoms with Crippen molar-refractivity contribution >= 4 is 23.2 Å². The van der Waals surface area contributed by atoms with Gasteiger partial charge in [-0.2, -0.15) is 0 Å². The summed E-state index contributed by atoms with van der Waals surface area (Å²) in [5.41, 5.74) is 6.49. The maximum atomic E-state index is 11.9. The summed E-state index contributed by atoms with van der Waals surface area (Å²) < 4.78 is 10.1. The van der Waals surface area contributed by atoms with Crippen LogP contribution >= 0.6 is 11.6 Å². The number of anilines is 1. The summed E-state index contributed by atoms with van der Waals surface area (Å²) in [6, 6.07) is 4.71. The Balaban J connectivity index is 2.59. The maximum Gasteiger partial charge on any atom is 0.251 e. The molecule has 1 aromatic rings. The molecular formula is C12H17ClN2O3. The van der Waals surface area contributed by atoms with E-state index < -0.39 is 0 Å². The summed E-state index contributed by atoms with van der Waals surface area (Å²) >= 11 is 5.83. The van der Waals surface area contributed by atoms with E-state index in [1.165, 1.54) is 0 Å². The molecule has 0 aromatic heterocycles. The molecule has 0 saturated heterocycles. The second-order valence-electron chi connectivity index (χ2n) is 3.80. The Morgan fingerprint density at radius 1 is 1.44 bits per heavy atom. The third kappa shape index (κ3) is 4.52. The number of benzene rings is 1. The molecule has 1 aromatic carbocycles. The van der Waals surface area contributed by atoms with Gasteiger partial charge in [0.1, 0.15) is 0 Å². The Morgan fingerprint density at radius 2 is 2.17 bits per heavy atom. The van der Waals surface area contributed by atoms with Crippen molar-refractivity contribution in [1.29, 1.82) is 0 Å². The fraction of sp³-hybridized carbons (Fsp3) is 0.417. The van der Waals surface area contributed by atoms with Crippen molar-refractivity contribution in [3.05, 3.63) is 28.8 Å². The van der Waals surface area contributed by atoms with Crippen LogP contribution in [0.15, 0.2) is 18.2 Å². The first-order valence-electron chi connectivity index (χ1n) is 5.42. The molecule has 1 rings (SSSR count). The number of ether oxygens (including phenoxy) is 2. The molecule has 18 heavy (non-hydrogen) atoms. The largest absolute Gasteiger partial charge is 0.399 e. The lowest BCUT2D eigenvalue weighted by Gasteiger charge is -2.15. The lowest BCUT2D eigenvalue weighted by molar-refractivity contribution is 0.0285. The van der Waals surface area contributed by atoms with Gasteiger partial charge in [0.25, 0.3) is 5.91 Å². The van der Waals surface area contributed by atoms with Gasteiger partial charge in [0, 0.05) is 37.0 Å². The van der Waals surface area contributed by atoms with Crippen LogP contribution in [0.5, 0.6) is 0 Å². The average Bonchev–Trinajstić information content (AvgIpc) is 2.32. The van der Waals surface area contributed by atoms with E-state index in [0.717, 1.165) is 0 Å². The van der Waals surface area contributed by atoms with Gasteiger partial charge in [0.2, 0.25) is 0 Å². The molecule has 1 atom stereocenters. The van der Waals surface area contributed by atoms with Gasteiger partial charge < -0.3 is 20.5 Å². The zero-order valence-corrected chi connectivity index (χ0v) is 11.2. The summed E-state index contributed by atoms with van der Waals surface area (Å²) in [7, 11) is 3.14. The fourth-order valence-electron chi connectivity index (χ4n) is 1.45. The number of nitrogens with one attached hydrogen (secondary N) is 1. The molecule has 0 spiro atoms. The van der Waals surface area contributed by atoms with Gasteiger partial charge in [-0.3, -0.25) is 4.79 Å². The number of nitrogen functional groups attached to an aromatic ring is 1. The molecule has 0 aliphatic rings. The van der Waals surface area contributed by atoms with Crippen molar-refractivity contribution in [3.63, 3.8) is 0 Å². The van der Waals surface area contributed by atoms with E-state index >= 15 is 0 Å². The van der Waals surface area contributed by atoms with E-state index in [2.05, 4.69) is 5.32 Å². The topological polar surface area (TPSA) is 73.6 Å². The number of hydrogen-bond donors (Lipinski definition) is 2. The predicted octanol–water partition coefficient (Wildman–Crippen LogP) is 1.31. The van der Waals surface area contributed by atoms with Crippen LogP contribution in [0.25, 0.3) is 0 Å². The molecule has 0 saturated carbocycles. The number of amides is 1. The second kappa shape index (κ2) is 7.20. The Kier molecular flexibility index (Phi) is 5.91. The van der Waals surface area contributed by atoms with Crippen LogP contribution in [0.2, 0.25) is 5.02 Å². The maximum absolute atomic E-state index is 11.9. The molecule has 6 heteroatoms. The lowest BCUT2D eigenvalue weighted by atomic mass is 10.2. The van der Waals surface area contributed by atoms with Crippen LogP contribution in [0.1, 0.15) is 10.4 Å². The molecule has 1 unspecified atom stereocenters. The highest BCUT2D eigenvalue weighted by molar-refractivity contribution is 6.31. The Labute approximate surface area is 111 Å². The van der Waals surface area contributed by atoms with Crippen molar-refractivity contribution in [2.24, 2.45) is 0 Å². The molecule has 0 fully saturated rings. The quantitative estimate of drug-likeness (QED) is 0.766. The van der Waals surface area contributed by atoms with Gasteiger partial charge in [-0.05, 0) is 18.2 Å². The lowest BCUT2D eigenvalue weighted by Crippen LogP contribution is -2.35. The van der Waals surface area contributed by atoms with Crippen LogP contribution in [0.3, 0.4) is 0 Å². The molecule has 0 bridgehead atoms. The van der Waals surface area contributed by atoms with Crippen LogP contribution < -0.4 is 11.1 Å². The van der Waals surface area contributed by atoms with Crippen LogP contribution in [0.4, 0.5) is 5.69 Å². The summed E-state index contributed by atoms with van der Waals surface area (Å²) in [5.74, 6) is -0.248. The molecule has 1 amide bonds. The molecule has 5 nitrogen and oxygen atoms in total. The average molecular weight is 273 g/mol. The molecule has 0 heterocycles. The van der Waals surface area contributed by atoms with E-state index in [1.807, 2.05) is 0 Å². The smallest absolute Gasteiger partial charge is 0.251 e. The Morgan fingerprint density at radius 3 is 2.72 bits per heavy atom. The van der Waals surface area contributed by atoms with Crippen molar-refractivity contribution in [1.82, 2.24) is 5.32 Å². The van der Waals surface area contributed by atoms with Crippen LogP contribution in [-0.2, 0) is 9.47 Å². The summed E-state index contributed by atoms with van der Waals surface area (Å²) in [5, 5.41) is 3.16. The number of carbonyl (C=O) groups excluding carboxylic acids is 1.